The van der Waals surface area contributed by atoms with Crippen molar-refractivity contribution in [2.24, 2.45) is 0 Å². The molecular weight excluding hydrogens is 376 g/mol. The number of benzene rings is 2. The number of aliphatic hydroxyl groups is 1. The standard InChI is InChI=1S/C21H24N2O4S/c1-23(11-12-28(26)19-5-3-2-4-6-19)14-17(24)15-27-18-8-9-20-16(13-18)7-10-21(25)22-20/h2-10,13,17,24H,11-12,14-15H2,1H3,(H,22,25). The number of aliphatic hydroxyl groups excluding tert-OH is 1. The number of aromatic amines is 1. The number of hydrogen-bond acceptors (Lipinski definition) is 5. The van der Waals surface area contributed by atoms with Gasteiger partial charge >= 0.3 is 0 Å². The lowest BCUT2D eigenvalue weighted by Gasteiger charge is -2.21. The van der Waals surface area contributed by atoms with Crippen molar-refractivity contribution in [2.45, 2.75) is 11.0 Å². The average Bonchev–Trinajstić information content (AvgIpc) is 2.71. The molecule has 1 heterocycles. The molecule has 0 amide bonds. The second kappa shape index (κ2) is 9.75. The molecule has 7 heteroatoms. The first-order valence-corrected chi connectivity index (χ1v) is 10.4. The first-order valence-electron chi connectivity index (χ1n) is 9.07. The van der Waals surface area contributed by atoms with Gasteiger partial charge in [0.2, 0.25) is 5.56 Å². The summed E-state index contributed by atoms with van der Waals surface area (Å²) in [4.78, 5) is 16.8. The smallest absolute Gasteiger partial charge is 0.248 e. The first kappa shape index (κ1) is 20.4. The van der Waals surface area contributed by atoms with Crippen molar-refractivity contribution >= 4 is 22.1 Å². The fourth-order valence-corrected chi connectivity index (χ4v) is 4.02. The zero-order chi connectivity index (χ0) is 19.9. The molecule has 148 valence electrons. The normalized spacial score (nSPS) is 13.6. The highest BCUT2D eigenvalue weighted by Crippen LogP contribution is 2.18. The molecule has 0 aliphatic rings. The molecular formula is C21H24N2O4S. The maximum Gasteiger partial charge on any atom is 0.248 e. The van der Waals surface area contributed by atoms with Crippen LogP contribution in [0.1, 0.15) is 0 Å². The number of nitrogens with one attached hydrogen (secondary N) is 1. The van der Waals surface area contributed by atoms with Crippen molar-refractivity contribution in [2.75, 3.05) is 32.5 Å². The molecule has 0 aliphatic heterocycles. The summed E-state index contributed by atoms with van der Waals surface area (Å²) in [5.41, 5.74) is 0.597. The van der Waals surface area contributed by atoms with Gasteiger partial charge in [0.25, 0.3) is 0 Å². The maximum absolute atomic E-state index is 12.2. The summed E-state index contributed by atoms with van der Waals surface area (Å²) in [6, 6.07) is 17.9. The molecule has 3 rings (SSSR count). The van der Waals surface area contributed by atoms with Crippen LogP contribution in [0.4, 0.5) is 0 Å². The second-order valence-electron chi connectivity index (χ2n) is 6.66. The maximum atomic E-state index is 12.2. The molecule has 0 saturated heterocycles. The number of likely N-dealkylation sites (N-methyl/N-ethyl adjacent to an activating group) is 1. The van der Waals surface area contributed by atoms with Crippen LogP contribution in [0.2, 0.25) is 0 Å². The van der Waals surface area contributed by atoms with Crippen LogP contribution >= 0.6 is 0 Å². The SMILES string of the molecule is CN(CC[S+]([O-])c1ccccc1)CC(O)COc1ccc2[nH]c(=O)ccc2c1. The van der Waals surface area contributed by atoms with Gasteiger partial charge in [-0.05, 0) is 54.6 Å². The van der Waals surface area contributed by atoms with Gasteiger partial charge in [-0.3, -0.25) is 9.69 Å². The van der Waals surface area contributed by atoms with Crippen molar-refractivity contribution in [3.8, 4) is 5.75 Å². The number of pyridine rings is 1. The fraction of sp³-hybridized carbons (Fsp3) is 0.286. The van der Waals surface area contributed by atoms with E-state index in [1.807, 2.05) is 48.3 Å². The Morgan fingerprint density at radius 2 is 1.96 bits per heavy atom. The number of ether oxygens (including phenoxy) is 1. The third-order valence-electron chi connectivity index (χ3n) is 4.32. The topological polar surface area (TPSA) is 88.6 Å². The van der Waals surface area contributed by atoms with Crippen LogP contribution < -0.4 is 10.3 Å². The Morgan fingerprint density at radius 3 is 2.75 bits per heavy atom. The summed E-state index contributed by atoms with van der Waals surface area (Å²) >= 11 is -1.05. The van der Waals surface area contributed by atoms with E-state index >= 15 is 0 Å². The lowest BCUT2D eigenvalue weighted by molar-refractivity contribution is 0.0781. The molecule has 0 radical (unpaired) electrons. The highest BCUT2D eigenvalue weighted by Gasteiger charge is 2.14. The van der Waals surface area contributed by atoms with Gasteiger partial charge in [-0.25, -0.2) is 0 Å². The third-order valence-corrected chi connectivity index (χ3v) is 5.68. The molecule has 0 spiro atoms. The molecule has 28 heavy (non-hydrogen) atoms. The van der Waals surface area contributed by atoms with Crippen LogP contribution in [0.5, 0.6) is 5.75 Å². The van der Waals surface area contributed by atoms with Crippen molar-refractivity contribution in [3.63, 3.8) is 0 Å². The van der Waals surface area contributed by atoms with Gasteiger partial charge in [0.1, 0.15) is 24.2 Å². The number of fused-ring (bicyclic) bond motifs is 1. The van der Waals surface area contributed by atoms with Crippen LogP contribution in [-0.2, 0) is 11.2 Å². The van der Waals surface area contributed by atoms with Crippen LogP contribution in [0.15, 0.2) is 70.4 Å². The minimum Gasteiger partial charge on any atom is -0.611 e. The Labute approximate surface area is 167 Å². The summed E-state index contributed by atoms with van der Waals surface area (Å²) in [6.45, 7) is 1.19. The van der Waals surface area contributed by atoms with Crippen LogP contribution in [0.25, 0.3) is 10.9 Å². The van der Waals surface area contributed by atoms with E-state index in [1.54, 1.807) is 18.2 Å². The largest absolute Gasteiger partial charge is 0.611 e. The van der Waals surface area contributed by atoms with Crippen molar-refractivity contribution in [1.29, 1.82) is 0 Å². The Hall–Kier alpha value is -2.32. The van der Waals surface area contributed by atoms with Gasteiger partial charge in [-0.2, -0.15) is 0 Å². The number of aromatic nitrogens is 1. The zero-order valence-electron chi connectivity index (χ0n) is 15.7. The van der Waals surface area contributed by atoms with E-state index in [0.29, 0.717) is 24.6 Å². The van der Waals surface area contributed by atoms with Crippen LogP contribution in [0.3, 0.4) is 0 Å². The lowest BCUT2D eigenvalue weighted by atomic mass is 10.2. The van der Waals surface area contributed by atoms with Gasteiger partial charge in [-0.1, -0.05) is 18.2 Å². The number of nitrogens with zero attached hydrogens (tertiary/aromatic N) is 1. The van der Waals surface area contributed by atoms with Crippen molar-refractivity contribution in [1.82, 2.24) is 9.88 Å². The molecule has 6 nitrogen and oxygen atoms in total. The van der Waals surface area contributed by atoms with Gasteiger partial charge in [-0.15, -0.1) is 0 Å². The van der Waals surface area contributed by atoms with E-state index in [2.05, 4.69) is 4.98 Å². The van der Waals surface area contributed by atoms with Crippen molar-refractivity contribution in [3.05, 3.63) is 71.0 Å². The van der Waals surface area contributed by atoms with Gasteiger partial charge in [0, 0.05) is 30.1 Å². The number of H-pyrrole nitrogens is 1. The van der Waals surface area contributed by atoms with E-state index in [-0.39, 0.29) is 12.2 Å². The summed E-state index contributed by atoms with van der Waals surface area (Å²) in [6.07, 6.45) is -0.665. The number of hydrogen-bond donors (Lipinski definition) is 2. The lowest BCUT2D eigenvalue weighted by Crippen LogP contribution is -2.35. The Kier molecular flexibility index (Phi) is 7.11. The molecule has 2 unspecified atom stereocenters. The van der Waals surface area contributed by atoms with E-state index < -0.39 is 17.3 Å². The molecule has 1 aromatic heterocycles. The van der Waals surface area contributed by atoms with E-state index in [0.717, 1.165) is 15.8 Å². The average molecular weight is 401 g/mol. The molecule has 0 fully saturated rings. The highest BCUT2D eigenvalue weighted by molar-refractivity contribution is 7.91. The van der Waals surface area contributed by atoms with E-state index in [9.17, 15) is 14.5 Å². The Balaban J connectivity index is 1.44. The fourth-order valence-electron chi connectivity index (χ4n) is 2.85. The van der Waals surface area contributed by atoms with Gasteiger partial charge < -0.3 is 19.4 Å². The molecule has 2 N–H and O–H groups in total. The predicted molar refractivity (Wildman–Crippen MR) is 111 cm³/mol. The van der Waals surface area contributed by atoms with E-state index in [1.165, 1.54) is 6.07 Å². The molecule has 2 aromatic carbocycles. The molecule has 2 atom stereocenters. The molecule has 0 bridgehead atoms. The Morgan fingerprint density at radius 1 is 1.18 bits per heavy atom. The predicted octanol–water partition coefficient (Wildman–Crippen LogP) is 2.01. The zero-order valence-corrected chi connectivity index (χ0v) is 16.5. The highest BCUT2D eigenvalue weighted by atomic mass is 32.2. The minimum absolute atomic E-state index is 0.146. The van der Waals surface area contributed by atoms with Gasteiger partial charge in [0.15, 0.2) is 4.90 Å². The second-order valence-corrected chi connectivity index (χ2v) is 8.23. The quantitative estimate of drug-likeness (QED) is 0.537. The van der Waals surface area contributed by atoms with Crippen LogP contribution in [0, 0.1) is 0 Å². The first-order chi connectivity index (χ1) is 13.5. The molecule has 3 aromatic rings. The number of rotatable bonds is 9. The third kappa shape index (κ3) is 5.84. The summed E-state index contributed by atoms with van der Waals surface area (Å²) in [7, 11) is 1.89. The molecule has 0 aliphatic carbocycles. The summed E-state index contributed by atoms with van der Waals surface area (Å²) in [5, 5.41) is 11.1. The molecule has 0 saturated carbocycles. The summed E-state index contributed by atoms with van der Waals surface area (Å²) in [5.74, 6) is 1.14. The van der Waals surface area contributed by atoms with Crippen LogP contribution in [-0.4, -0.2) is 58.1 Å². The summed E-state index contributed by atoms with van der Waals surface area (Å²) < 4.78 is 17.9. The minimum atomic E-state index is -1.05. The Bertz CT molecular complexity index is 948. The van der Waals surface area contributed by atoms with E-state index in [4.69, 9.17) is 4.74 Å². The van der Waals surface area contributed by atoms with Crippen molar-refractivity contribution < 1.29 is 14.4 Å². The monoisotopic (exact) mass is 400 g/mol. The van der Waals surface area contributed by atoms with Gasteiger partial charge in [0.05, 0.1) is 0 Å².